The summed E-state index contributed by atoms with van der Waals surface area (Å²) in [5.74, 6) is 0. The van der Waals surface area contributed by atoms with E-state index in [1.165, 1.54) is 15.6 Å². The monoisotopic (exact) mass is 256 g/mol. The lowest BCUT2D eigenvalue weighted by Crippen LogP contribution is -1.99. The first kappa shape index (κ1) is 14.0. The number of nitriles is 1. The molecule has 0 atom stereocenters. The van der Waals surface area contributed by atoms with Gasteiger partial charge in [0.15, 0.2) is 6.19 Å². The average Bonchev–Trinajstić information content (AvgIpc) is 2.84. The Labute approximate surface area is 112 Å². The fourth-order valence-corrected chi connectivity index (χ4v) is 2.63. The highest BCUT2D eigenvalue weighted by atomic mass is 32.1. The van der Waals surface area contributed by atoms with Crippen molar-refractivity contribution >= 4 is 27.1 Å². The van der Waals surface area contributed by atoms with Crippen molar-refractivity contribution < 1.29 is 0 Å². The van der Waals surface area contributed by atoms with Crippen molar-refractivity contribution in [1.82, 2.24) is 5.32 Å². The Bertz CT molecular complexity index is 590. The molecule has 0 saturated carbocycles. The van der Waals surface area contributed by atoms with E-state index < -0.39 is 0 Å². The summed E-state index contributed by atoms with van der Waals surface area (Å²) >= 11 is 1.66. The van der Waals surface area contributed by atoms with Crippen LogP contribution < -0.4 is 5.32 Å². The number of nitrogens with zero attached hydrogens (tertiary/aromatic N) is 1. The molecule has 1 N–H and O–H groups in total. The van der Waals surface area contributed by atoms with Gasteiger partial charge in [0, 0.05) is 4.70 Å². The Morgan fingerprint density at radius 2 is 2.11 bits per heavy atom. The van der Waals surface area contributed by atoms with Crippen LogP contribution in [0.25, 0.3) is 15.8 Å². The van der Waals surface area contributed by atoms with Crippen LogP contribution in [0.1, 0.15) is 17.4 Å². The van der Waals surface area contributed by atoms with Gasteiger partial charge in [-0.25, -0.2) is 0 Å². The molecule has 0 aliphatic heterocycles. The zero-order chi connectivity index (χ0) is 13.5. The molecule has 1 aromatic heterocycles. The van der Waals surface area contributed by atoms with Gasteiger partial charge in [0.25, 0.3) is 0 Å². The molecule has 0 aliphatic rings. The summed E-state index contributed by atoms with van der Waals surface area (Å²) in [5.41, 5.74) is 2.00. The number of hydrogen-bond donors (Lipinski definition) is 1. The molecule has 0 aliphatic carbocycles. The second kappa shape index (κ2) is 6.63. The highest BCUT2D eigenvalue weighted by molar-refractivity contribution is 7.20. The Morgan fingerprint density at radius 1 is 1.39 bits per heavy atom. The zero-order valence-electron chi connectivity index (χ0n) is 10.5. The SMILES string of the molecule is C=C.C=C(NC#N)c1cc2ccc(CC)cc2s1. The van der Waals surface area contributed by atoms with Crippen LogP contribution in [0, 0.1) is 11.5 Å². The van der Waals surface area contributed by atoms with Crippen molar-refractivity contribution in [1.29, 1.82) is 5.26 Å². The summed E-state index contributed by atoms with van der Waals surface area (Å²) in [5, 5.41) is 12.3. The minimum atomic E-state index is 0.668. The number of thiophene rings is 1. The summed E-state index contributed by atoms with van der Waals surface area (Å²) < 4.78 is 1.25. The molecule has 2 aromatic rings. The average molecular weight is 256 g/mol. The number of nitrogens with one attached hydrogen (secondary N) is 1. The lowest BCUT2D eigenvalue weighted by Gasteiger charge is -1.95. The summed E-state index contributed by atoms with van der Waals surface area (Å²) in [7, 11) is 0. The Kier molecular flexibility index (Phi) is 5.16. The Morgan fingerprint density at radius 3 is 2.72 bits per heavy atom. The van der Waals surface area contributed by atoms with Gasteiger partial charge < -0.3 is 0 Å². The normalized spacial score (nSPS) is 9.11. The van der Waals surface area contributed by atoms with Gasteiger partial charge in [0.05, 0.1) is 10.6 Å². The molecule has 18 heavy (non-hydrogen) atoms. The first-order valence-corrected chi connectivity index (χ1v) is 6.43. The molecule has 0 radical (unpaired) electrons. The van der Waals surface area contributed by atoms with Gasteiger partial charge in [0.1, 0.15) is 0 Å². The zero-order valence-corrected chi connectivity index (χ0v) is 11.3. The number of hydrogen-bond acceptors (Lipinski definition) is 3. The minimum Gasteiger partial charge on any atom is -0.292 e. The second-order valence-electron chi connectivity index (χ2n) is 3.55. The maximum atomic E-state index is 8.54. The van der Waals surface area contributed by atoms with E-state index in [-0.39, 0.29) is 0 Å². The van der Waals surface area contributed by atoms with E-state index in [1.807, 2.05) is 6.19 Å². The number of benzene rings is 1. The highest BCUT2D eigenvalue weighted by Gasteiger charge is 2.05. The van der Waals surface area contributed by atoms with Crippen LogP contribution in [0.2, 0.25) is 0 Å². The van der Waals surface area contributed by atoms with E-state index in [2.05, 4.69) is 56.2 Å². The van der Waals surface area contributed by atoms with Crippen LogP contribution in [-0.2, 0) is 6.42 Å². The summed E-state index contributed by atoms with van der Waals surface area (Å²) in [6, 6.07) is 8.52. The van der Waals surface area contributed by atoms with Crippen LogP contribution in [0.4, 0.5) is 0 Å². The first-order chi connectivity index (χ1) is 8.74. The molecule has 1 aromatic carbocycles. The van der Waals surface area contributed by atoms with Crippen LogP contribution in [-0.4, -0.2) is 0 Å². The molecule has 2 rings (SSSR count). The number of aryl methyl sites for hydroxylation is 1. The highest BCUT2D eigenvalue weighted by Crippen LogP contribution is 2.29. The van der Waals surface area contributed by atoms with Gasteiger partial charge in [-0.2, -0.15) is 5.26 Å². The molecule has 0 amide bonds. The molecule has 0 saturated heterocycles. The minimum absolute atomic E-state index is 0.668. The summed E-state index contributed by atoms with van der Waals surface area (Å²) in [6.07, 6.45) is 2.93. The predicted molar refractivity (Wildman–Crippen MR) is 80.2 cm³/mol. The Balaban J connectivity index is 0.000000771. The van der Waals surface area contributed by atoms with E-state index in [1.54, 1.807) is 11.3 Å². The van der Waals surface area contributed by atoms with Crippen LogP contribution in [0.5, 0.6) is 0 Å². The number of rotatable bonds is 3. The van der Waals surface area contributed by atoms with Gasteiger partial charge in [0.2, 0.25) is 0 Å². The van der Waals surface area contributed by atoms with Crippen molar-refractivity contribution in [3.63, 3.8) is 0 Å². The fourth-order valence-electron chi connectivity index (χ4n) is 1.57. The maximum absolute atomic E-state index is 8.54. The molecular weight excluding hydrogens is 240 g/mol. The third-order valence-electron chi connectivity index (χ3n) is 2.50. The van der Waals surface area contributed by atoms with Crippen molar-refractivity contribution in [2.75, 3.05) is 0 Å². The predicted octanol–water partition coefficient (Wildman–Crippen LogP) is 4.31. The van der Waals surface area contributed by atoms with Crippen molar-refractivity contribution in [3.05, 3.63) is 54.4 Å². The molecular formula is C15H16N2S. The lowest BCUT2D eigenvalue weighted by molar-refractivity contribution is 1.15. The first-order valence-electron chi connectivity index (χ1n) is 5.61. The second-order valence-corrected chi connectivity index (χ2v) is 4.64. The van der Waals surface area contributed by atoms with Gasteiger partial charge in [-0.05, 0) is 29.5 Å². The third-order valence-corrected chi connectivity index (χ3v) is 3.65. The topological polar surface area (TPSA) is 35.8 Å². The van der Waals surface area contributed by atoms with E-state index in [9.17, 15) is 0 Å². The van der Waals surface area contributed by atoms with Gasteiger partial charge >= 0.3 is 0 Å². The van der Waals surface area contributed by atoms with Crippen molar-refractivity contribution in [2.45, 2.75) is 13.3 Å². The van der Waals surface area contributed by atoms with Crippen LogP contribution >= 0.6 is 11.3 Å². The molecule has 0 unspecified atom stereocenters. The number of fused-ring (bicyclic) bond motifs is 1. The smallest absolute Gasteiger partial charge is 0.181 e. The molecule has 0 spiro atoms. The Hall–Kier alpha value is -2.05. The van der Waals surface area contributed by atoms with Crippen LogP contribution in [0.15, 0.2) is 44.0 Å². The fraction of sp³-hybridized carbons (Fsp3) is 0.133. The van der Waals surface area contributed by atoms with E-state index in [4.69, 9.17) is 5.26 Å². The molecule has 0 fully saturated rings. The van der Waals surface area contributed by atoms with Crippen molar-refractivity contribution in [2.24, 2.45) is 0 Å². The van der Waals surface area contributed by atoms with E-state index >= 15 is 0 Å². The largest absolute Gasteiger partial charge is 0.292 e. The van der Waals surface area contributed by atoms with E-state index in [0.717, 1.165) is 11.3 Å². The standard InChI is InChI=1S/C13H12N2S.C2H4/c1-3-10-4-5-11-7-12(9(2)15-8-14)16-13(11)6-10;1-2/h4-7,15H,2-3H2,1H3;1-2H2. The summed E-state index contributed by atoms with van der Waals surface area (Å²) in [4.78, 5) is 1.02. The van der Waals surface area contributed by atoms with Crippen molar-refractivity contribution in [3.8, 4) is 6.19 Å². The van der Waals surface area contributed by atoms with Gasteiger partial charge in [-0.15, -0.1) is 24.5 Å². The third kappa shape index (κ3) is 2.99. The van der Waals surface area contributed by atoms with Gasteiger partial charge in [-0.1, -0.05) is 25.6 Å². The lowest BCUT2D eigenvalue weighted by atomic mass is 10.1. The summed E-state index contributed by atoms with van der Waals surface area (Å²) in [6.45, 7) is 12.0. The maximum Gasteiger partial charge on any atom is 0.181 e. The molecule has 92 valence electrons. The van der Waals surface area contributed by atoms with Gasteiger partial charge in [-0.3, -0.25) is 5.32 Å². The molecule has 1 heterocycles. The van der Waals surface area contributed by atoms with E-state index in [0.29, 0.717) is 5.70 Å². The molecule has 0 bridgehead atoms. The quantitative estimate of drug-likeness (QED) is 0.504. The van der Waals surface area contributed by atoms with Crippen LogP contribution in [0.3, 0.4) is 0 Å². The molecule has 2 nitrogen and oxygen atoms in total. The molecule has 3 heteroatoms.